The lowest BCUT2D eigenvalue weighted by Crippen LogP contribution is -2.27. The Morgan fingerprint density at radius 2 is 1.83 bits per heavy atom. The van der Waals surface area contributed by atoms with Crippen LogP contribution in [0.25, 0.3) is 0 Å². The predicted octanol–water partition coefficient (Wildman–Crippen LogP) is 4.79. The normalized spacial score (nSPS) is 12.9. The van der Waals surface area contributed by atoms with E-state index in [-0.39, 0.29) is 21.9 Å². The highest BCUT2D eigenvalue weighted by molar-refractivity contribution is 6.00. The molecule has 2 heterocycles. The maximum Gasteiger partial charge on any atom is 0.417 e. The molecular formula is C22H27F3N5O5+. The van der Waals surface area contributed by atoms with Crippen LogP contribution < -0.4 is 15.2 Å². The molecule has 2 aromatic heterocycles. The van der Waals surface area contributed by atoms with Gasteiger partial charge in [-0.3, -0.25) is 10.1 Å². The molecule has 10 nitrogen and oxygen atoms in total. The van der Waals surface area contributed by atoms with Crippen LogP contribution in [0.1, 0.15) is 54.3 Å². The number of carbonyl (C=O) groups excluding carboxylic acids is 1. The number of nitrogens with one attached hydrogen (secondary N) is 3. The molecule has 3 aromatic rings. The molecule has 0 radical (unpaired) electrons. The fourth-order valence-electron chi connectivity index (χ4n) is 3.44. The van der Waals surface area contributed by atoms with Gasteiger partial charge in [0, 0.05) is 14.1 Å². The second kappa shape index (κ2) is 9.04. The zero-order chi connectivity index (χ0) is 26.3. The number of phenolic OH excluding ortho intramolecular Hbond substituents is 1. The Bertz CT molecular complexity index is 1280. The van der Waals surface area contributed by atoms with Crippen molar-refractivity contribution in [2.24, 2.45) is 5.41 Å². The number of aromatic nitrogens is 2. The van der Waals surface area contributed by atoms with E-state index in [1.165, 1.54) is 14.1 Å². The number of carbonyl (C=O) groups is 1. The van der Waals surface area contributed by atoms with Crippen molar-refractivity contribution in [2.75, 3.05) is 24.7 Å². The van der Waals surface area contributed by atoms with E-state index in [2.05, 4.69) is 15.8 Å². The number of aromatic amines is 1. The van der Waals surface area contributed by atoms with Crippen molar-refractivity contribution in [3.8, 4) is 5.75 Å². The number of hydrogen-bond donors (Lipinski definition) is 4. The molecule has 1 amide bonds. The molecule has 1 atom stereocenters. The summed E-state index contributed by atoms with van der Waals surface area (Å²) in [6.45, 7) is 7.58. The van der Waals surface area contributed by atoms with Crippen molar-refractivity contribution in [1.82, 2.24) is 10.1 Å². The Morgan fingerprint density at radius 1 is 1.17 bits per heavy atom. The fourth-order valence-corrected chi connectivity index (χ4v) is 3.44. The van der Waals surface area contributed by atoms with E-state index in [4.69, 9.17) is 9.05 Å². The van der Waals surface area contributed by atoms with Crippen LogP contribution in [0.3, 0.4) is 0 Å². The molecule has 0 aliphatic carbocycles. The smallest absolute Gasteiger partial charge is 0.417 e. The maximum atomic E-state index is 13.5. The standard InChI is InChI=1S/C22H26F3N5O5/c1-11-7-10-14(34-11)17(21(2,3)4)27-18-19(30(33)35-28-18)26-13-9-8-12(22(23,24)25)15(16(13)31)20(32)29(5)6/h7-10,17,26H,1-6H3,(H2-,27,28,31,32,33)/p+1/t17-/m0/s1. The summed E-state index contributed by atoms with van der Waals surface area (Å²) < 4.78 is 51.1. The number of H-pyrrole nitrogens is 1. The first-order valence-corrected chi connectivity index (χ1v) is 10.5. The number of halogens is 3. The van der Waals surface area contributed by atoms with Crippen LogP contribution >= 0.6 is 0 Å². The Kier molecular flexibility index (Phi) is 6.64. The lowest BCUT2D eigenvalue weighted by Gasteiger charge is -2.29. The van der Waals surface area contributed by atoms with E-state index in [9.17, 15) is 28.0 Å². The van der Waals surface area contributed by atoms with Gasteiger partial charge in [-0.2, -0.15) is 13.2 Å². The third-order valence-corrected chi connectivity index (χ3v) is 5.21. The summed E-state index contributed by atoms with van der Waals surface area (Å²) >= 11 is 0. The Morgan fingerprint density at radius 3 is 2.34 bits per heavy atom. The van der Waals surface area contributed by atoms with Gasteiger partial charge in [-0.1, -0.05) is 25.9 Å². The van der Waals surface area contributed by atoms with Gasteiger partial charge >= 0.3 is 12.0 Å². The van der Waals surface area contributed by atoms with Crippen molar-refractivity contribution in [3.05, 3.63) is 51.8 Å². The minimum absolute atomic E-state index is 0.0359. The summed E-state index contributed by atoms with van der Waals surface area (Å²) in [5, 5.41) is 18.7. The summed E-state index contributed by atoms with van der Waals surface area (Å²) in [6.07, 6.45) is -4.90. The summed E-state index contributed by atoms with van der Waals surface area (Å²) in [5.74, 6) is -1.04. The number of furan rings is 1. The molecule has 13 heteroatoms. The second-order valence-electron chi connectivity index (χ2n) is 9.27. The molecule has 190 valence electrons. The number of benzene rings is 1. The molecule has 0 aliphatic rings. The van der Waals surface area contributed by atoms with Gasteiger partial charge in [-0.15, -0.1) is 4.63 Å². The highest BCUT2D eigenvalue weighted by atomic mass is 19.4. The third kappa shape index (κ3) is 5.28. The zero-order valence-electron chi connectivity index (χ0n) is 20.0. The average molecular weight is 498 g/mol. The van der Waals surface area contributed by atoms with Gasteiger partial charge in [0.1, 0.15) is 17.2 Å². The first-order valence-electron chi connectivity index (χ1n) is 10.5. The van der Waals surface area contributed by atoms with Crippen molar-refractivity contribution >= 4 is 23.2 Å². The summed E-state index contributed by atoms with van der Waals surface area (Å²) in [4.78, 5) is 25.7. The lowest BCUT2D eigenvalue weighted by molar-refractivity contribution is -0.701. The summed E-state index contributed by atoms with van der Waals surface area (Å²) in [6, 6.07) is 4.66. The Labute approximate surface area is 198 Å². The van der Waals surface area contributed by atoms with Crippen molar-refractivity contribution in [3.63, 3.8) is 0 Å². The van der Waals surface area contributed by atoms with Gasteiger partial charge in [0.05, 0.1) is 17.2 Å². The predicted molar refractivity (Wildman–Crippen MR) is 120 cm³/mol. The van der Waals surface area contributed by atoms with Gasteiger partial charge in [0.2, 0.25) is 0 Å². The molecule has 0 spiro atoms. The van der Waals surface area contributed by atoms with Crippen molar-refractivity contribution in [1.29, 1.82) is 0 Å². The minimum atomic E-state index is -4.90. The minimum Gasteiger partial charge on any atom is -0.504 e. The highest BCUT2D eigenvalue weighted by Crippen LogP contribution is 2.42. The number of nitrogens with zero attached hydrogens (tertiary/aromatic N) is 2. The molecule has 0 saturated heterocycles. The van der Waals surface area contributed by atoms with Gasteiger partial charge < -0.3 is 19.7 Å². The highest BCUT2D eigenvalue weighted by Gasteiger charge is 2.39. The number of hydrogen-bond acceptors (Lipinski definition) is 7. The van der Waals surface area contributed by atoms with E-state index in [0.29, 0.717) is 17.6 Å². The number of anilines is 3. The molecule has 0 saturated carbocycles. The third-order valence-electron chi connectivity index (χ3n) is 5.21. The van der Waals surface area contributed by atoms with Gasteiger partial charge in [-0.05, 0) is 41.5 Å². The number of aryl methyl sites for hydroxylation is 1. The molecule has 0 unspecified atom stereocenters. The number of aromatic hydroxyl groups is 1. The number of phenols is 1. The van der Waals surface area contributed by atoms with E-state index in [1.807, 2.05) is 20.8 Å². The first-order chi connectivity index (χ1) is 16.1. The van der Waals surface area contributed by atoms with Crippen LogP contribution in [0, 0.1) is 17.2 Å². The van der Waals surface area contributed by atoms with Gasteiger partial charge in [-0.25, -0.2) is 0 Å². The van der Waals surface area contributed by atoms with Crippen LogP contribution in [0.5, 0.6) is 5.75 Å². The molecule has 35 heavy (non-hydrogen) atoms. The molecule has 0 fully saturated rings. The number of alkyl halides is 3. The van der Waals surface area contributed by atoms with Gasteiger partial charge in [0.15, 0.2) is 10.3 Å². The zero-order valence-corrected chi connectivity index (χ0v) is 20.0. The monoisotopic (exact) mass is 498 g/mol. The van der Waals surface area contributed by atoms with Crippen molar-refractivity contribution < 1.29 is 36.7 Å². The molecule has 0 aliphatic heterocycles. The van der Waals surface area contributed by atoms with E-state index >= 15 is 0 Å². The van der Waals surface area contributed by atoms with E-state index < -0.39 is 40.4 Å². The topological polar surface area (TPSA) is 130 Å². The second-order valence-corrected chi connectivity index (χ2v) is 9.27. The summed E-state index contributed by atoms with van der Waals surface area (Å²) in [7, 11) is 2.51. The van der Waals surface area contributed by atoms with Crippen LogP contribution in [0.2, 0.25) is 0 Å². The molecular weight excluding hydrogens is 471 g/mol. The van der Waals surface area contributed by atoms with Crippen LogP contribution in [-0.2, 0) is 6.18 Å². The van der Waals surface area contributed by atoms with Crippen LogP contribution in [-0.4, -0.2) is 35.2 Å². The maximum absolute atomic E-state index is 13.5. The quantitative estimate of drug-likeness (QED) is 0.360. The SMILES string of the molecule is Cc1ccc([C@H](Nc2[nH]o[n+](=O)c2Nc2ccc(C(F)(F)F)c(C(=O)N(C)C)c2O)C(C)(C)C)o1. The van der Waals surface area contributed by atoms with Crippen LogP contribution in [0.15, 0.2) is 33.3 Å². The largest absolute Gasteiger partial charge is 0.504 e. The molecule has 4 N–H and O–H groups in total. The molecule has 1 aromatic carbocycles. The average Bonchev–Trinajstić information content (AvgIpc) is 3.30. The first kappa shape index (κ1) is 25.7. The number of amides is 1. The lowest BCUT2D eigenvalue weighted by atomic mass is 9.85. The molecule has 3 rings (SSSR count). The molecule has 0 bridgehead atoms. The Hall–Kier alpha value is -3.90. The van der Waals surface area contributed by atoms with Gasteiger partial charge in [0.25, 0.3) is 11.7 Å². The van der Waals surface area contributed by atoms with E-state index in [1.54, 1.807) is 19.1 Å². The summed E-state index contributed by atoms with van der Waals surface area (Å²) in [5.41, 5.74) is -2.99. The van der Waals surface area contributed by atoms with Crippen molar-refractivity contribution in [2.45, 2.75) is 39.9 Å². The Balaban J connectivity index is 2.05. The fraction of sp³-hybridized carbons (Fsp3) is 0.409. The van der Waals surface area contributed by atoms with Crippen LogP contribution in [0.4, 0.5) is 30.5 Å². The van der Waals surface area contributed by atoms with E-state index in [0.717, 1.165) is 11.0 Å². The number of rotatable bonds is 6.